The number of allylic oxidation sites excluding steroid dienone is 31. The Morgan fingerprint density at radius 1 is 0.306 bits per heavy atom. The molecule has 0 aromatic rings. The van der Waals surface area contributed by atoms with Crippen LogP contribution in [-0.2, 0) is 65.4 Å². The van der Waals surface area contributed by atoms with E-state index in [2.05, 4.69) is 161 Å². The minimum Gasteiger partial charge on any atom is -0.461 e. The molecule has 0 radical (unpaired) electrons. The van der Waals surface area contributed by atoms with Crippen LogP contribution in [0.1, 0.15) is 207 Å². The van der Waals surface area contributed by atoms with Crippen molar-refractivity contribution < 1.29 is 80.2 Å². The summed E-state index contributed by atoms with van der Waals surface area (Å²) in [6.45, 7) is 4.02. The number of hydrogen-bond donors (Lipinski definition) is 3. The molecule has 0 heterocycles. The van der Waals surface area contributed by atoms with E-state index in [4.69, 9.17) is 37.0 Å². The number of esters is 4. The maximum atomic E-state index is 13.0. The van der Waals surface area contributed by atoms with Crippen LogP contribution < -0.4 is 0 Å². The van der Waals surface area contributed by atoms with Gasteiger partial charge in [-0.2, -0.15) is 0 Å². The Hall–Kier alpha value is -6.36. The Labute approximate surface area is 589 Å². The number of rotatable bonds is 63. The molecule has 98 heavy (non-hydrogen) atoms. The van der Waals surface area contributed by atoms with Gasteiger partial charge in [-0.15, -0.1) is 0 Å². The summed E-state index contributed by atoms with van der Waals surface area (Å²) in [5.41, 5.74) is 0. The SMILES string of the molecule is CC/C=C\C/C=C\C/C=C\C/C=C\C/C=C\CC(=O)OCC(COP(=O)(O)OCC(O)COP(=O)(O)OCC(COC(=O)C/C=C\C/C=C\C/C=C\C/C=C\C/C=C\CC)OC(=O)CCCCCCC/C=C\C/C=C\CCC)OC(=O)C/C=C\C/C=C\C/C=C\C/C=C\C/C=C\CC. The number of carbonyl (C=O) groups is 4. The predicted molar refractivity (Wildman–Crippen MR) is 398 cm³/mol. The molecule has 0 spiro atoms. The third kappa shape index (κ3) is 68.2. The summed E-state index contributed by atoms with van der Waals surface area (Å²) >= 11 is 0. The predicted octanol–water partition coefficient (Wildman–Crippen LogP) is 20.0. The average molecular weight is 1400 g/mol. The minimum absolute atomic E-state index is 0.0455. The minimum atomic E-state index is -5.03. The van der Waals surface area contributed by atoms with Crippen LogP contribution >= 0.6 is 15.6 Å². The van der Waals surface area contributed by atoms with E-state index < -0.39 is 97.5 Å². The zero-order valence-corrected chi connectivity index (χ0v) is 61.1. The smallest absolute Gasteiger partial charge is 0.461 e. The van der Waals surface area contributed by atoms with Crippen molar-refractivity contribution in [3.63, 3.8) is 0 Å². The number of aliphatic hydroxyl groups is 1. The summed E-state index contributed by atoms with van der Waals surface area (Å²) < 4.78 is 67.8. The molecule has 0 fully saturated rings. The zero-order chi connectivity index (χ0) is 71.8. The third-order valence-electron chi connectivity index (χ3n) is 13.3. The van der Waals surface area contributed by atoms with Crippen LogP contribution in [0.25, 0.3) is 0 Å². The highest BCUT2D eigenvalue weighted by Gasteiger charge is 2.30. The lowest BCUT2D eigenvalue weighted by atomic mass is 10.1. The van der Waals surface area contributed by atoms with E-state index in [0.29, 0.717) is 25.7 Å². The van der Waals surface area contributed by atoms with E-state index in [-0.39, 0.29) is 25.7 Å². The molecule has 0 aliphatic carbocycles. The van der Waals surface area contributed by atoms with Crippen molar-refractivity contribution in [2.75, 3.05) is 39.6 Å². The number of phosphoric acid groups is 2. The van der Waals surface area contributed by atoms with Crippen LogP contribution in [-0.4, -0.2) is 96.7 Å². The maximum Gasteiger partial charge on any atom is 0.472 e. The van der Waals surface area contributed by atoms with E-state index in [0.717, 1.165) is 128 Å². The van der Waals surface area contributed by atoms with Crippen LogP contribution in [0.4, 0.5) is 0 Å². The van der Waals surface area contributed by atoms with Crippen LogP contribution in [0, 0.1) is 0 Å². The number of phosphoric ester groups is 2. The van der Waals surface area contributed by atoms with Gasteiger partial charge in [0.25, 0.3) is 0 Å². The van der Waals surface area contributed by atoms with Gasteiger partial charge in [-0.25, -0.2) is 9.13 Å². The van der Waals surface area contributed by atoms with Gasteiger partial charge in [0.2, 0.25) is 0 Å². The van der Waals surface area contributed by atoms with Crippen LogP contribution in [0.2, 0.25) is 0 Å². The van der Waals surface area contributed by atoms with E-state index in [1.54, 1.807) is 30.4 Å². The van der Waals surface area contributed by atoms with Gasteiger partial charge in [0, 0.05) is 6.42 Å². The first kappa shape index (κ1) is 91.6. The normalized spacial score (nSPS) is 15.2. The summed E-state index contributed by atoms with van der Waals surface area (Å²) in [4.78, 5) is 72.5. The second kappa shape index (κ2) is 69.1. The fourth-order valence-electron chi connectivity index (χ4n) is 8.06. The van der Waals surface area contributed by atoms with Crippen molar-refractivity contribution in [2.45, 2.75) is 226 Å². The Kier molecular flexibility index (Phi) is 64.6. The summed E-state index contributed by atoms with van der Waals surface area (Å²) in [6.07, 6.45) is 85.1. The standard InChI is InChI=1S/C79H120O17P2/c1-5-9-13-17-21-25-29-33-36-40-43-47-51-55-59-63-76(81)89-69-74(95-78(83)65-61-57-53-49-45-39-32-28-24-20-16-12-8-4)71-93-97(85,86)91-67-73(80)68-92-98(87,88)94-72-75(96-79(84)66-62-58-54-50-46-42-38-35-31-27-23-19-15-11-7-3)70-90-77(82)64-60-56-52-48-44-41-37-34-30-26-22-18-14-10-6-2/h9-11,13-16,20-23,25-28,32-38,43-44,46-48,50,55-56,58-60,62,73-75,80H,5-8,12,17-19,24,29-31,39-42,45,49,51-54,57,61,63-72H2,1-4H3,(H,85,86)(H,87,88)/b13-9-,14-10-,15-11-,20-16-,25-21-,26-22-,27-23-,32-28-,36-33-,37-34-,38-35-,47-43-,48-44-,50-46-,59-55-,60-56-,62-58-. The Morgan fingerprint density at radius 2 is 0.571 bits per heavy atom. The molecule has 0 amide bonds. The molecular weight excluding hydrogens is 1280 g/mol. The van der Waals surface area contributed by atoms with Crippen LogP contribution in [0.15, 0.2) is 207 Å². The van der Waals surface area contributed by atoms with Crippen molar-refractivity contribution in [2.24, 2.45) is 0 Å². The lowest BCUT2D eigenvalue weighted by Gasteiger charge is -2.21. The molecule has 19 heteroatoms. The molecule has 17 nitrogen and oxygen atoms in total. The highest BCUT2D eigenvalue weighted by atomic mass is 31.2. The summed E-state index contributed by atoms with van der Waals surface area (Å²) in [5.74, 6) is -2.67. The zero-order valence-electron chi connectivity index (χ0n) is 59.4. The quantitative estimate of drug-likeness (QED) is 0.0169. The molecule has 0 saturated heterocycles. The molecule has 0 saturated carbocycles. The molecule has 0 aliphatic heterocycles. The van der Waals surface area contributed by atoms with Crippen LogP contribution in [0.5, 0.6) is 0 Å². The molecule has 0 bridgehead atoms. The Morgan fingerprint density at radius 3 is 0.908 bits per heavy atom. The largest absolute Gasteiger partial charge is 0.472 e. The number of ether oxygens (including phenoxy) is 4. The van der Waals surface area contributed by atoms with E-state index in [9.17, 15) is 43.2 Å². The van der Waals surface area contributed by atoms with E-state index in [1.165, 1.54) is 0 Å². The van der Waals surface area contributed by atoms with Crippen molar-refractivity contribution in [3.05, 3.63) is 207 Å². The Bertz CT molecular complexity index is 2680. The van der Waals surface area contributed by atoms with Crippen molar-refractivity contribution >= 4 is 39.5 Å². The molecule has 0 rings (SSSR count). The van der Waals surface area contributed by atoms with E-state index in [1.807, 2.05) is 42.5 Å². The molecule has 548 valence electrons. The lowest BCUT2D eigenvalue weighted by Crippen LogP contribution is -2.30. The molecule has 5 unspecified atom stereocenters. The summed E-state index contributed by atoms with van der Waals surface area (Å²) in [6, 6.07) is 0. The molecular formula is C79H120O17P2. The number of hydrogen-bond acceptors (Lipinski definition) is 15. The fraction of sp³-hybridized carbons (Fsp3) is 0.519. The van der Waals surface area contributed by atoms with Crippen molar-refractivity contribution in [3.8, 4) is 0 Å². The number of unbranched alkanes of at least 4 members (excludes halogenated alkanes) is 6. The second-order valence-electron chi connectivity index (χ2n) is 22.4. The van der Waals surface area contributed by atoms with Gasteiger partial charge in [0.15, 0.2) is 12.2 Å². The molecule has 0 aliphatic rings. The van der Waals surface area contributed by atoms with Gasteiger partial charge in [0.05, 0.1) is 45.7 Å². The molecule has 3 N–H and O–H groups in total. The molecule has 0 aromatic heterocycles. The van der Waals surface area contributed by atoms with Crippen molar-refractivity contribution in [1.29, 1.82) is 0 Å². The third-order valence-corrected chi connectivity index (χ3v) is 15.2. The van der Waals surface area contributed by atoms with Gasteiger partial charge in [0.1, 0.15) is 19.3 Å². The molecule has 0 aromatic carbocycles. The van der Waals surface area contributed by atoms with Gasteiger partial charge < -0.3 is 33.8 Å². The van der Waals surface area contributed by atoms with Gasteiger partial charge >= 0.3 is 39.5 Å². The summed E-state index contributed by atoms with van der Waals surface area (Å²) in [5, 5.41) is 10.6. The van der Waals surface area contributed by atoms with E-state index >= 15 is 0 Å². The highest BCUT2D eigenvalue weighted by molar-refractivity contribution is 7.47. The monoisotopic (exact) mass is 1400 g/mol. The average Bonchev–Trinajstić information content (AvgIpc) is 1.04. The first-order valence-corrected chi connectivity index (χ1v) is 38.3. The second-order valence-corrected chi connectivity index (χ2v) is 25.3. The summed E-state index contributed by atoms with van der Waals surface area (Å²) in [7, 11) is -10.1. The first-order chi connectivity index (χ1) is 47.7. The molecule has 5 atom stereocenters. The maximum absolute atomic E-state index is 13.0. The number of aliphatic hydroxyl groups excluding tert-OH is 1. The fourth-order valence-corrected chi connectivity index (χ4v) is 9.64. The first-order valence-electron chi connectivity index (χ1n) is 35.3. The number of carbonyl (C=O) groups excluding carboxylic acids is 4. The van der Waals surface area contributed by atoms with Gasteiger partial charge in [-0.3, -0.25) is 37.3 Å². The van der Waals surface area contributed by atoms with Crippen LogP contribution in [0.3, 0.4) is 0 Å². The topological polar surface area (TPSA) is 237 Å². The van der Waals surface area contributed by atoms with Gasteiger partial charge in [-0.05, 0) is 128 Å². The Balaban J connectivity index is 5.60. The lowest BCUT2D eigenvalue weighted by molar-refractivity contribution is -0.160. The van der Waals surface area contributed by atoms with Gasteiger partial charge in [-0.1, -0.05) is 260 Å². The van der Waals surface area contributed by atoms with Crippen molar-refractivity contribution in [1.82, 2.24) is 0 Å². The highest BCUT2D eigenvalue weighted by Crippen LogP contribution is 2.45.